The van der Waals surface area contributed by atoms with Crippen molar-refractivity contribution >= 4 is 27.8 Å². The van der Waals surface area contributed by atoms with Gasteiger partial charge in [-0.2, -0.15) is 0 Å². The molecular weight excluding hydrogens is 670 g/mol. The number of rotatable bonds is 7. The molecule has 1 nitrogen and oxygen atoms in total. The van der Waals surface area contributed by atoms with E-state index >= 15 is 4.39 Å². The molecule has 0 N–H and O–H groups in total. The highest BCUT2D eigenvalue weighted by Crippen LogP contribution is 2.59. The van der Waals surface area contributed by atoms with Crippen LogP contribution in [0.2, 0.25) is 0 Å². The Morgan fingerprint density at radius 3 is 1.31 bits per heavy atom. The summed E-state index contributed by atoms with van der Waals surface area (Å²) in [4.78, 5) is 2.39. The topological polar surface area (TPSA) is 3.24 Å². The Balaban J connectivity index is 1.28. The van der Waals surface area contributed by atoms with Gasteiger partial charge < -0.3 is 4.90 Å². The van der Waals surface area contributed by atoms with Crippen LogP contribution in [-0.2, 0) is 5.41 Å². The summed E-state index contributed by atoms with van der Waals surface area (Å²) in [5, 5.41) is 2.25. The minimum absolute atomic E-state index is 0.244. The van der Waals surface area contributed by atoms with Crippen LogP contribution >= 0.6 is 0 Å². The first kappa shape index (κ1) is 32.6. The highest BCUT2D eigenvalue weighted by atomic mass is 19.1. The van der Waals surface area contributed by atoms with Crippen LogP contribution in [0.5, 0.6) is 0 Å². The molecule has 0 aromatic heterocycles. The number of halogens is 1. The SMILES string of the molecule is Fc1ccc2c(c1)C(c1ccccc1)(c1ccccc1)c1cc(N(c3ccc(-c4ccccc4)cc3)c3ccc(-c4ccccc4)cc3)c3ccccc3c1-2. The molecule has 0 radical (unpaired) electrons. The molecule has 0 amide bonds. The van der Waals surface area contributed by atoms with Gasteiger partial charge in [0.1, 0.15) is 5.82 Å². The van der Waals surface area contributed by atoms with E-state index in [9.17, 15) is 0 Å². The Bertz CT molecular complexity index is 2660. The van der Waals surface area contributed by atoms with Crippen LogP contribution in [0.3, 0.4) is 0 Å². The summed E-state index contributed by atoms with van der Waals surface area (Å²) >= 11 is 0. The Labute approximate surface area is 321 Å². The molecule has 0 atom stereocenters. The van der Waals surface area contributed by atoms with Gasteiger partial charge in [0.05, 0.1) is 11.1 Å². The highest BCUT2D eigenvalue weighted by Gasteiger charge is 2.47. The van der Waals surface area contributed by atoms with Crippen molar-refractivity contribution < 1.29 is 4.39 Å². The average molecular weight is 706 g/mol. The molecule has 0 heterocycles. The molecule has 0 bridgehead atoms. The molecule has 0 spiro atoms. The number of hydrogen-bond donors (Lipinski definition) is 0. The Hall–Kier alpha value is -7.03. The lowest BCUT2D eigenvalue weighted by Gasteiger charge is -2.35. The summed E-state index contributed by atoms with van der Waals surface area (Å²) in [6.07, 6.45) is 0. The maximum atomic E-state index is 15.6. The van der Waals surface area contributed by atoms with Crippen molar-refractivity contribution in [1.82, 2.24) is 0 Å². The molecule has 0 unspecified atom stereocenters. The van der Waals surface area contributed by atoms with Crippen LogP contribution in [0.25, 0.3) is 44.2 Å². The van der Waals surface area contributed by atoms with Gasteiger partial charge in [-0.3, -0.25) is 0 Å². The van der Waals surface area contributed by atoms with E-state index in [1.54, 1.807) is 12.1 Å². The average Bonchev–Trinajstić information content (AvgIpc) is 3.55. The molecule has 9 aromatic carbocycles. The predicted molar refractivity (Wildman–Crippen MR) is 227 cm³/mol. The van der Waals surface area contributed by atoms with Gasteiger partial charge in [0.25, 0.3) is 0 Å². The molecule has 9 aromatic rings. The number of hydrogen-bond acceptors (Lipinski definition) is 1. The van der Waals surface area contributed by atoms with Gasteiger partial charge >= 0.3 is 0 Å². The van der Waals surface area contributed by atoms with E-state index in [1.165, 1.54) is 11.1 Å². The third-order valence-electron chi connectivity index (χ3n) is 11.2. The summed E-state index contributed by atoms with van der Waals surface area (Å²) in [5.41, 5.74) is 13.5. The maximum Gasteiger partial charge on any atom is 0.123 e. The summed E-state index contributed by atoms with van der Waals surface area (Å²) < 4.78 is 15.6. The second-order valence-electron chi connectivity index (χ2n) is 14.2. The van der Waals surface area contributed by atoms with Crippen molar-refractivity contribution in [2.24, 2.45) is 0 Å². The minimum Gasteiger partial charge on any atom is -0.310 e. The van der Waals surface area contributed by atoms with Gasteiger partial charge in [-0.15, -0.1) is 0 Å². The quantitative estimate of drug-likeness (QED) is 0.160. The van der Waals surface area contributed by atoms with E-state index in [0.29, 0.717) is 0 Å². The number of anilines is 3. The first-order valence-corrected chi connectivity index (χ1v) is 18.8. The highest BCUT2D eigenvalue weighted by molar-refractivity contribution is 6.11. The molecule has 0 saturated heterocycles. The van der Waals surface area contributed by atoms with Crippen LogP contribution in [0.1, 0.15) is 22.3 Å². The molecule has 55 heavy (non-hydrogen) atoms. The normalized spacial score (nSPS) is 12.6. The van der Waals surface area contributed by atoms with E-state index in [1.807, 2.05) is 6.07 Å². The predicted octanol–water partition coefficient (Wildman–Crippen LogP) is 14.1. The molecule has 0 fully saturated rings. The van der Waals surface area contributed by atoms with Gasteiger partial charge in [0.2, 0.25) is 0 Å². The van der Waals surface area contributed by atoms with Crippen molar-refractivity contribution in [3.63, 3.8) is 0 Å². The fourth-order valence-corrected chi connectivity index (χ4v) is 8.78. The first-order valence-electron chi connectivity index (χ1n) is 18.8. The smallest absolute Gasteiger partial charge is 0.123 e. The number of fused-ring (bicyclic) bond motifs is 5. The second-order valence-corrected chi connectivity index (χ2v) is 14.2. The first-order chi connectivity index (χ1) is 27.2. The van der Waals surface area contributed by atoms with Gasteiger partial charge in [0, 0.05) is 16.8 Å². The Morgan fingerprint density at radius 2 is 0.800 bits per heavy atom. The fraction of sp³-hybridized carbons (Fsp3) is 0.0189. The molecule has 260 valence electrons. The Morgan fingerprint density at radius 1 is 0.364 bits per heavy atom. The van der Waals surface area contributed by atoms with Crippen LogP contribution < -0.4 is 4.90 Å². The summed E-state index contributed by atoms with van der Waals surface area (Å²) in [5.74, 6) is -0.244. The van der Waals surface area contributed by atoms with Gasteiger partial charge in [-0.25, -0.2) is 4.39 Å². The lowest BCUT2D eigenvalue weighted by molar-refractivity contribution is 0.621. The van der Waals surface area contributed by atoms with Crippen molar-refractivity contribution in [2.75, 3.05) is 4.90 Å². The molecule has 10 rings (SSSR count). The monoisotopic (exact) mass is 705 g/mol. The van der Waals surface area contributed by atoms with Crippen molar-refractivity contribution in [1.29, 1.82) is 0 Å². The Kier molecular flexibility index (Phi) is 7.96. The van der Waals surface area contributed by atoms with Crippen LogP contribution in [0.15, 0.2) is 218 Å². The van der Waals surface area contributed by atoms with Gasteiger partial charge in [-0.1, -0.05) is 176 Å². The molecule has 2 heteroatoms. The molecule has 0 saturated carbocycles. The van der Waals surface area contributed by atoms with E-state index in [0.717, 1.165) is 72.3 Å². The van der Waals surface area contributed by atoms with Crippen LogP contribution in [-0.4, -0.2) is 0 Å². The van der Waals surface area contributed by atoms with E-state index in [4.69, 9.17) is 0 Å². The molecule has 1 aliphatic rings. The lowest BCUT2D eigenvalue weighted by Crippen LogP contribution is -2.29. The minimum atomic E-state index is -0.770. The number of nitrogens with zero attached hydrogens (tertiary/aromatic N) is 1. The lowest BCUT2D eigenvalue weighted by atomic mass is 9.67. The zero-order valence-electron chi connectivity index (χ0n) is 30.1. The summed E-state index contributed by atoms with van der Waals surface area (Å²) in [6.45, 7) is 0. The second kappa shape index (κ2) is 13.4. The van der Waals surface area contributed by atoms with Crippen LogP contribution in [0, 0.1) is 5.82 Å². The zero-order chi connectivity index (χ0) is 36.8. The third-order valence-corrected chi connectivity index (χ3v) is 11.2. The number of benzene rings is 9. The largest absolute Gasteiger partial charge is 0.310 e. The molecule has 1 aliphatic carbocycles. The molecule has 0 aliphatic heterocycles. The third kappa shape index (κ3) is 5.37. The fourth-order valence-electron chi connectivity index (χ4n) is 8.78. The molecular formula is C53H36FN. The summed E-state index contributed by atoms with van der Waals surface area (Å²) in [7, 11) is 0. The standard InChI is InChI=1S/C53H36FN/c54-43-29-34-48-49(35-43)53(41-19-9-3-10-20-41,42-21-11-4-12-22-42)50-36-51(46-23-13-14-24-47(46)52(48)50)55(44-30-25-39(26-31-44)37-15-5-1-6-16-37)45-32-27-40(28-33-45)38-17-7-2-8-18-38/h1-36H. The van der Waals surface area contributed by atoms with E-state index < -0.39 is 5.41 Å². The zero-order valence-corrected chi connectivity index (χ0v) is 30.1. The van der Waals surface area contributed by atoms with Gasteiger partial charge in [-0.05, 0) is 103 Å². The van der Waals surface area contributed by atoms with Crippen molar-refractivity contribution in [3.8, 4) is 33.4 Å². The summed E-state index contributed by atoms with van der Waals surface area (Å²) in [6, 6.07) is 76.4. The van der Waals surface area contributed by atoms with Crippen molar-refractivity contribution in [3.05, 3.63) is 246 Å². The maximum absolute atomic E-state index is 15.6. The van der Waals surface area contributed by atoms with E-state index in [2.05, 4.69) is 205 Å². The van der Waals surface area contributed by atoms with Crippen LogP contribution in [0.4, 0.5) is 21.5 Å². The van der Waals surface area contributed by atoms with Gasteiger partial charge in [0.15, 0.2) is 0 Å². The van der Waals surface area contributed by atoms with Crippen molar-refractivity contribution in [2.45, 2.75) is 5.41 Å². The van der Waals surface area contributed by atoms with E-state index in [-0.39, 0.29) is 5.82 Å².